The molecule has 3 heterocycles. The van der Waals surface area contributed by atoms with Gasteiger partial charge in [0.1, 0.15) is 5.78 Å². The predicted octanol–water partition coefficient (Wildman–Crippen LogP) is 4.69. The van der Waals surface area contributed by atoms with Crippen molar-refractivity contribution in [1.82, 2.24) is 19.7 Å². The van der Waals surface area contributed by atoms with Crippen molar-refractivity contribution in [2.45, 2.75) is 64.0 Å². The van der Waals surface area contributed by atoms with Crippen LogP contribution in [0.25, 0.3) is 0 Å². The van der Waals surface area contributed by atoms with E-state index in [-0.39, 0.29) is 18.1 Å². The molecule has 0 radical (unpaired) electrons. The van der Waals surface area contributed by atoms with Crippen LogP contribution in [0.1, 0.15) is 55.3 Å². The minimum absolute atomic E-state index is 0.0281. The van der Waals surface area contributed by atoms with Gasteiger partial charge in [-0.2, -0.15) is 22.7 Å². The van der Waals surface area contributed by atoms with Crippen molar-refractivity contribution < 1.29 is 27.1 Å². The van der Waals surface area contributed by atoms with Gasteiger partial charge in [0.2, 0.25) is 11.8 Å². The Bertz CT molecular complexity index is 1030. The quantitative estimate of drug-likeness (QED) is 0.458. The van der Waals surface area contributed by atoms with Crippen LogP contribution in [0.5, 0.6) is 5.88 Å². The Kier molecular flexibility index (Phi) is 8.64. The van der Waals surface area contributed by atoms with Gasteiger partial charge in [-0.3, -0.25) is 4.79 Å². The summed E-state index contributed by atoms with van der Waals surface area (Å²) in [6, 6.07) is 3.36. The van der Waals surface area contributed by atoms with Crippen molar-refractivity contribution in [3.8, 4) is 5.88 Å². The first kappa shape index (κ1) is 26.6. The number of nitrogens with zero attached hydrogens (tertiary/aromatic N) is 4. The molecule has 1 saturated carbocycles. The van der Waals surface area contributed by atoms with E-state index in [0.29, 0.717) is 30.2 Å². The van der Waals surface area contributed by atoms with Crippen LogP contribution in [0, 0.1) is 17.8 Å². The zero-order valence-corrected chi connectivity index (χ0v) is 20.7. The average Bonchev–Trinajstić information content (AvgIpc) is 3.03. The zero-order chi connectivity index (χ0) is 25.7. The molecule has 4 rings (SSSR count). The van der Waals surface area contributed by atoms with E-state index in [1.165, 1.54) is 19.3 Å². The van der Waals surface area contributed by atoms with Gasteiger partial charge < -0.3 is 9.64 Å². The van der Waals surface area contributed by atoms with E-state index in [2.05, 4.69) is 15.0 Å². The molecule has 198 valence electrons. The minimum Gasteiger partial charge on any atom is -0.468 e. The lowest BCUT2D eigenvalue weighted by atomic mass is 9.78. The maximum atomic E-state index is 13.9. The molecule has 2 aromatic rings. The molecule has 0 aromatic carbocycles. The van der Waals surface area contributed by atoms with Crippen LogP contribution >= 0.6 is 0 Å². The maximum absolute atomic E-state index is 13.9. The number of Topliss-reactive ketones (excluding diaryl/α,β-unsaturated/α-hetero) is 1. The molecule has 2 aromatic heterocycles. The fourth-order valence-electron chi connectivity index (χ4n) is 5.35. The second-order valence-corrected chi connectivity index (χ2v) is 10.2. The molecule has 0 bridgehead atoms. The molecule has 2 aliphatic rings. The molecule has 6 nitrogen and oxygen atoms in total. The fraction of sp³-hybridized carbons (Fsp3) is 0.654. The van der Waals surface area contributed by atoms with Gasteiger partial charge in [-0.1, -0.05) is 18.9 Å². The highest BCUT2D eigenvalue weighted by molar-refractivity contribution is 5.81. The number of fused-ring (bicyclic) bond motifs is 1. The average molecular weight is 511 g/mol. The molecule has 0 amide bonds. The minimum atomic E-state index is -4.38. The third-order valence-corrected chi connectivity index (χ3v) is 7.45. The lowest BCUT2D eigenvalue weighted by Crippen LogP contribution is -2.29. The van der Waals surface area contributed by atoms with Gasteiger partial charge in [-0.05, 0) is 49.6 Å². The van der Waals surface area contributed by atoms with Crippen molar-refractivity contribution in [2.75, 3.05) is 26.2 Å². The molecule has 0 saturated heterocycles. The van der Waals surface area contributed by atoms with E-state index < -0.39 is 18.7 Å². The number of alkyl halides is 3. The molecular weight excluding hydrogens is 476 g/mol. The van der Waals surface area contributed by atoms with E-state index >= 15 is 0 Å². The Balaban J connectivity index is 1.16. The molecule has 1 fully saturated rings. The molecule has 0 N–H and O–H groups in total. The van der Waals surface area contributed by atoms with Gasteiger partial charge in [-0.25, -0.2) is 9.67 Å². The van der Waals surface area contributed by atoms with Gasteiger partial charge in [0.05, 0.1) is 6.20 Å². The fourth-order valence-corrected chi connectivity index (χ4v) is 5.35. The SMILES string of the molecule is Cn1ncc(CC(=O)CC2CCC(CCN3CCc4ccc(OCC(F)(F)F)nc4CC3)CC2)c1F. The summed E-state index contributed by atoms with van der Waals surface area (Å²) in [6.07, 6.45) is 4.58. The molecule has 1 aliphatic heterocycles. The van der Waals surface area contributed by atoms with E-state index in [0.717, 1.165) is 74.1 Å². The summed E-state index contributed by atoms with van der Waals surface area (Å²) < 4.78 is 57.1. The summed E-state index contributed by atoms with van der Waals surface area (Å²) in [4.78, 5) is 19.1. The van der Waals surface area contributed by atoms with Gasteiger partial charge >= 0.3 is 6.18 Å². The maximum Gasteiger partial charge on any atom is 0.422 e. The highest BCUT2D eigenvalue weighted by Crippen LogP contribution is 2.33. The third-order valence-electron chi connectivity index (χ3n) is 7.45. The molecule has 0 atom stereocenters. The van der Waals surface area contributed by atoms with Gasteiger partial charge in [-0.15, -0.1) is 0 Å². The molecule has 0 unspecified atom stereocenters. The lowest BCUT2D eigenvalue weighted by Gasteiger charge is -2.30. The van der Waals surface area contributed by atoms with Crippen LogP contribution in [0.3, 0.4) is 0 Å². The number of hydrogen-bond acceptors (Lipinski definition) is 5. The standard InChI is InChI=1S/C26H34F4N4O2/c1-33-25(27)21(16-31-33)15-22(35)14-19-4-2-18(3-5-19)8-11-34-12-9-20-6-7-24(32-23(20)10-13-34)36-17-26(28,29)30/h6-7,16,18-19H,2-5,8-15,17H2,1H3. The summed E-state index contributed by atoms with van der Waals surface area (Å²) in [7, 11) is 1.53. The summed E-state index contributed by atoms with van der Waals surface area (Å²) in [6.45, 7) is 1.40. The Morgan fingerprint density at radius 2 is 1.83 bits per heavy atom. The van der Waals surface area contributed by atoms with Crippen molar-refractivity contribution in [3.05, 3.63) is 41.1 Å². The first-order valence-electron chi connectivity index (χ1n) is 12.7. The van der Waals surface area contributed by atoms with E-state index in [1.807, 2.05) is 6.07 Å². The molecule has 10 heteroatoms. The smallest absolute Gasteiger partial charge is 0.422 e. The van der Waals surface area contributed by atoms with Crippen molar-refractivity contribution >= 4 is 5.78 Å². The topological polar surface area (TPSA) is 60.2 Å². The molecule has 0 spiro atoms. The van der Waals surface area contributed by atoms with E-state index in [4.69, 9.17) is 4.74 Å². The van der Waals surface area contributed by atoms with Crippen LogP contribution in [0.2, 0.25) is 0 Å². The Labute approximate surface area is 209 Å². The van der Waals surface area contributed by atoms with E-state index in [1.54, 1.807) is 0 Å². The number of rotatable bonds is 9. The van der Waals surface area contributed by atoms with Gasteiger partial charge in [0.25, 0.3) is 0 Å². The van der Waals surface area contributed by atoms with Crippen molar-refractivity contribution in [1.29, 1.82) is 0 Å². The number of ether oxygens (including phenoxy) is 1. The number of carbonyl (C=O) groups excluding carboxylic acids is 1. The second-order valence-electron chi connectivity index (χ2n) is 10.2. The number of pyridine rings is 1. The Morgan fingerprint density at radius 1 is 1.11 bits per heavy atom. The van der Waals surface area contributed by atoms with Gasteiger partial charge in [0.15, 0.2) is 6.61 Å². The zero-order valence-electron chi connectivity index (χ0n) is 20.7. The van der Waals surface area contributed by atoms with Crippen LogP contribution < -0.4 is 4.74 Å². The first-order valence-corrected chi connectivity index (χ1v) is 12.7. The number of aromatic nitrogens is 3. The van der Waals surface area contributed by atoms with Crippen molar-refractivity contribution in [2.24, 2.45) is 18.9 Å². The summed E-state index contributed by atoms with van der Waals surface area (Å²) in [5, 5.41) is 3.86. The van der Waals surface area contributed by atoms with E-state index in [9.17, 15) is 22.4 Å². The molecular formula is C26H34F4N4O2. The summed E-state index contributed by atoms with van der Waals surface area (Å²) >= 11 is 0. The van der Waals surface area contributed by atoms with Crippen LogP contribution in [-0.4, -0.2) is 57.9 Å². The van der Waals surface area contributed by atoms with Crippen LogP contribution in [0.15, 0.2) is 18.3 Å². The predicted molar refractivity (Wildman–Crippen MR) is 126 cm³/mol. The number of carbonyl (C=O) groups is 1. The third kappa shape index (κ3) is 7.51. The summed E-state index contributed by atoms with van der Waals surface area (Å²) in [5.41, 5.74) is 2.28. The number of halogens is 4. The first-order chi connectivity index (χ1) is 17.2. The van der Waals surface area contributed by atoms with Crippen molar-refractivity contribution in [3.63, 3.8) is 0 Å². The monoisotopic (exact) mass is 510 g/mol. The van der Waals surface area contributed by atoms with Crippen LogP contribution in [0.4, 0.5) is 17.6 Å². The number of hydrogen-bond donors (Lipinski definition) is 0. The number of ketones is 1. The second kappa shape index (κ2) is 11.7. The highest BCUT2D eigenvalue weighted by atomic mass is 19.4. The van der Waals surface area contributed by atoms with Crippen LogP contribution in [-0.2, 0) is 31.1 Å². The van der Waals surface area contributed by atoms with Gasteiger partial charge in [0, 0.05) is 56.7 Å². The molecule has 1 aliphatic carbocycles. The number of aryl methyl sites for hydroxylation is 1. The highest BCUT2D eigenvalue weighted by Gasteiger charge is 2.29. The Morgan fingerprint density at radius 3 is 2.53 bits per heavy atom. The lowest BCUT2D eigenvalue weighted by molar-refractivity contribution is -0.154. The molecule has 36 heavy (non-hydrogen) atoms. The largest absolute Gasteiger partial charge is 0.468 e. The summed E-state index contributed by atoms with van der Waals surface area (Å²) in [5.74, 6) is 0.685. The normalized spacial score (nSPS) is 21.1. The Hall–Kier alpha value is -2.49.